The molecule has 0 unspecified atom stereocenters. The number of benzene rings is 3. The molecule has 5 nitrogen and oxygen atoms in total. The minimum absolute atomic E-state index is 0.228. The number of fused-ring (bicyclic) bond motifs is 1. The Morgan fingerprint density at radius 3 is 2.42 bits per heavy atom. The smallest absolute Gasteiger partial charge is 0.340 e. The first-order valence-electron chi connectivity index (χ1n) is 16.6. The Bertz CT molecular complexity index is 1710. The molecule has 236 valence electrons. The SMILES string of the molecule is CCOC(=O)c1c(CSc2ccc(C)cc2C)n(Cc2ccc(C)cc2)c2cc(C3=CCN(C4CCCCC4)CC3)c(O)cc12. The maximum absolute atomic E-state index is 13.7. The summed E-state index contributed by atoms with van der Waals surface area (Å²) in [5.41, 5.74) is 9.34. The molecule has 6 rings (SSSR count). The first-order valence-corrected chi connectivity index (χ1v) is 17.5. The summed E-state index contributed by atoms with van der Waals surface area (Å²) in [7, 11) is 0. The summed E-state index contributed by atoms with van der Waals surface area (Å²) in [6, 6.07) is 19.7. The number of aromatic hydroxyl groups is 1. The van der Waals surface area contributed by atoms with E-state index in [0.717, 1.165) is 41.7 Å². The second kappa shape index (κ2) is 13.9. The number of phenols is 1. The van der Waals surface area contributed by atoms with Crippen molar-refractivity contribution >= 4 is 34.2 Å². The first-order chi connectivity index (χ1) is 21.8. The van der Waals surface area contributed by atoms with Gasteiger partial charge in [-0.15, -0.1) is 11.8 Å². The molecule has 0 amide bonds. The highest BCUT2D eigenvalue weighted by Gasteiger charge is 2.28. The number of ether oxygens (including phenoxy) is 1. The predicted molar refractivity (Wildman–Crippen MR) is 186 cm³/mol. The van der Waals surface area contributed by atoms with E-state index in [1.54, 1.807) is 11.8 Å². The molecule has 45 heavy (non-hydrogen) atoms. The molecule has 1 fully saturated rings. The maximum atomic E-state index is 13.7. The quantitative estimate of drug-likeness (QED) is 0.149. The molecular formula is C39H46N2O3S. The molecule has 1 aromatic heterocycles. The molecule has 0 saturated heterocycles. The number of hydrogen-bond acceptors (Lipinski definition) is 5. The zero-order valence-corrected chi connectivity index (χ0v) is 28.0. The van der Waals surface area contributed by atoms with Crippen molar-refractivity contribution in [3.8, 4) is 5.75 Å². The number of carbonyl (C=O) groups excluding carboxylic acids is 1. The summed E-state index contributed by atoms with van der Waals surface area (Å²) in [4.78, 5) is 17.5. The number of aryl methyl sites for hydroxylation is 3. The van der Waals surface area contributed by atoms with Crippen LogP contribution in [0.5, 0.6) is 5.75 Å². The van der Waals surface area contributed by atoms with Gasteiger partial charge in [0.2, 0.25) is 0 Å². The maximum Gasteiger partial charge on any atom is 0.340 e. The van der Waals surface area contributed by atoms with E-state index in [0.29, 0.717) is 30.5 Å². The van der Waals surface area contributed by atoms with Crippen LogP contribution in [-0.4, -0.2) is 46.3 Å². The van der Waals surface area contributed by atoms with Crippen molar-refractivity contribution in [2.24, 2.45) is 0 Å². The number of esters is 1. The summed E-state index contributed by atoms with van der Waals surface area (Å²) in [6.45, 7) is 11.1. The van der Waals surface area contributed by atoms with E-state index < -0.39 is 0 Å². The van der Waals surface area contributed by atoms with Gasteiger partial charge in [-0.3, -0.25) is 4.90 Å². The molecule has 1 saturated carbocycles. The molecule has 0 radical (unpaired) electrons. The van der Waals surface area contributed by atoms with E-state index in [1.165, 1.54) is 64.8 Å². The molecule has 3 aromatic carbocycles. The molecule has 0 spiro atoms. The fraction of sp³-hybridized carbons (Fsp3) is 0.410. The molecule has 0 bridgehead atoms. The topological polar surface area (TPSA) is 54.7 Å². The van der Waals surface area contributed by atoms with Crippen LogP contribution in [-0.2, 0) is 17.0 Å². The third-order valence-corrected chi connectivity index (χ3v) is 10.8. The van der Waals surface area contributed by atoms with Gasteiger partial charge in [-0.1, -0.05) is 72.9 Å². The molecule has 0 atom stereocenters. The zero-order chi connectivity index (χ0) is 31.5. The Hall–Kier alpha value is -3.48. The lowest BCUT2D eigenvalue weighted by molar-refractivity contribution is 0.0527. The molecule has 2 heterocycles. The highest BCUT2D eigenvalue weighted by molar-refractivity contribution is 7.98. The van der Waals surface area contributed by atoms with Gasteiger partial charge in [-0.2, -0.15) is 0 Å². The van der Waals surface area contributed by atoms with Gasteiger partial charge < -0.3 is 14.4 Å². The van der Waals surface area contributed by atoms with Gasteiger partial charge in [0.25, 0.3) is 0 Å². The van der Waals surface area contributed by atoms with E-state index in [1.807, 2.05) is 13.0 Å². The van der Waals surface area contributed by atoms with Crippen LogP contribution in [0.2, 0.25) is 0 Å². The third kappa shape index (κ3) is 6.87. The fourth-order valence-corrected chi connectivity index (χ4v) is 8.19. The summed E-state index contributed by atoms with van der Waals surface area (Å²) in [5.74, 6) is 0.494. The van der Waals surface area contributed by atoms with E-state index in [2.05, 4.69) is 84.8 Å². The Balaban J connectivity index is 1.44. The van der Waals surface area contributed by atoms with E-state index in [4.69, 9.17) is 4.74 Å². The van der Waals surface area contributed by atoms with Gasteiger partial charge in [0.15, 0.2) is 0 Å². The molecule has 1 aliphatic heterocycles. The molecular weight excluding hydrogens is 577 g/mol. The van der Waals surface area contributed by atoms with Crippen molar-refractivity contribution in [3.63, 3.8) is 0 Å². The predicted octanol–water partition coefficient (Wildman–Crippen LogP) is 9.21. The number of carbonyl (C=O) groups is 1. The van der Waals surface area contributed by atoms with Gasteiger partial charge in [0.1, 0.15) is 5.75 Å². The molecule has 1 N–H and O–H groups in total. The van der Waals surface area contributed by atoms with Crippen LogP contribution in [0, 0.1) is 20.8 Å². The average Bonchev–Trinajstić information content (AvgIpc) is 3.33. The van der Waals surface area contributed by atoms with Gasteiger partial charge in [-0.05, 0) is 81.9 Å². The number of rotatable bonds is 9. The zero-order valence-electron chi connectivity index (χ0n) is 27.2. The van der Waals surface area contributed by atoms with Crippen LogP contribution in [0.3, 0.4) is 0 Å². The highest BCUT2D eigenvalue weighted by Crippen LogP contribution is 2.40. The van der Waals surface area contributed by atoms with Gasteiger partial charge in [-0.25, -0.2) is 4.79 Å². The van der Waals surface area contributed by atoms with Gasteiger partial charge in [0, 0.05) is 53.0 Å². The standard InChI is InChI=1S/C39H46N2O3S/c1-5-44-39(43)38-33-23-36(42)32(30-17-19-40(20-18-30)31-9-7-6-8-10-31)22-34(33)41(24-29-14-11-26(2)12-15-29)35(38)25-45-37-16-13-27(3)21-28(37)4/h11-17,21-23,31,42H,5-10,18-20,24-25H2,1-4H3. The third-order valence-electron chi connectivity index (χ3n) is 9.60. The minimum Gasteiger partial charge on any atom is -0.507 e. The highest BCUT2D eigenvalue weighted by atomic mass is 32.2. The first kappa shape index (κ1) is 31.5. The van der Waals surface area contributed by atoms with Gasteiger partial charge >= 0.3 is 5.97 Å². The number of aromatic nitrogens is 1. The van der Waals surface area contributed by atoms with Gasteiger partial charge in [0.05, 0.1) is 17.7 Å². The summed E-state index contributed by atoms with van der Waals surface area (Å²) >= 11 is 1.74. The number of hydrogen-bond donors (Lipinski definition) is 1. The van der Waals surface area contributed by atoms with Crippen LogP contribution in [0.1, 0.15) is 89.3 Å². The second-order valence-electron chi connectivity index (χ2n) is 12.8. The summed E-state index contributed by atoms with van der Waals surface area (Å²) in [6.07, 6.45) is 9.85. The van der Waals surface area contributed by atoms with Crippen molar-refractivity contribution in [1.82, 2.24) is 9.47 Å². The minimum atomic E-state index is -0.339. The van der Waals surface area contributed by atoms with Crippen molar-refractivity contribution in [3.05, 3.63) is 99.7 Å². The Morgan fingerprint density at radius 2 is 1.73 bits per heavy atom. The lowest BCUT2D eigenvalue weighted by Gasteiger charge is -2.36. The van der Waals surface area contributed by atoms with E-state index in [9.17, 15) is 9.90 Å². The van der Waals surface area contributed by atoms with Crippen LogP contribution < -0.4 is 0 Å². The van der Waals surface area contributed by atoms with Crippen LogP contribution in [0.25, 0.3) is 16.5 Å². The van der Waals surface area contributed by atoms with Crippen molar-refractivity contribution < 1.29 is 14.6 Å². The number of thioether (sulfide) groups is 1. The second-order valence-corrected chi connectivity index (χ2v) is 13.8. The van der Waals surface area contributed by atoms with E-state index in [-0.39, 0.29) is 11.7 Å². The average molecular weight is 623 g/mol. The van der Waals surface area contributed by atoms with Crippen LogP contribution >= 0.6 is 11.8 Å². The van der Waals surface area contributed by atoms with Crippen LogP contribution in [0.15, 0.2) is 65.6 Å². The summed E-state index contributed by atoms with van der Waals surface area (Å²) < 4.78 is 7.92. The van der Waals surface area contributed by atoms with E-state index >= 15 is 0 Å². The lowest BCUT2D eigenvalue weighted by atomic mass is 9.91. The number of nitrogens with zero attached hydrogens (tertiary/aromatic N) is 2. The lowest BCUT2D eigenvalue weighted by Crippen LogP contribution is -2.39. The van der Waals surface area contributed by atoms with Crippen LogP contribution in [0.4, 0.5) is 0 Å². The molecule has 2 aliphatic rings. The molecule has 1 aliphatic carbocycles. The number of phenolic OH excluding ortho intramolecular Hbond substituents is 1. The van der Waals surface area contributed by atoms with Crippen molar-refractivity contribution in [1.29, 1.82) is 0 Å². The molecule has 6 heteroatoms. The Morgan fingerprint density at radius 1 is 0.978 bits per heavy atom. The summed E-state index contributed by atoms with van der Waals surface area (Å²) in [5, 5.41) is 12.2. The van der Waals surface area contributed by atoms with Crippen molar-refractivity contribution in [2.75, 3.05) is 19.7 Å². The fourth-order valence-electron chi connectivity index (χ4n) is 7.15. The Labute approximate surface area is 272 Å². The Kier molecular flexibility index (Phi) is 9.72. The normalized spacial score (nSPS) is 16.2. The van der Waals surface area contributed by atoms with Crippen molar-refractivity contribution in [2.45, 2.75) is 89.5 Å². The molecule has 4 aromatic rings. The monoisotopic (exact) mass is 622 g/mol. The largest absolute Gasteiger partial charge is 0.507 e.